The lowest BCUT2D eigenvalue weighted by atomic mass is 9.93. The van der Waals surface area contributed by atoms with Crippen LogP contribution in [0.5, 0.6) is 0 Å². The standard InChI is InChI=1S/C12H21N3/c1-4-12-11(5-6-13-12)10-7-14-15(8-10)9(2)3/h7-9,11-13H,4-6H2,1-3H3. The highest BCUT2D eigenvalue weighted by atomic mass is 15.3. The summed E-state index contributed by atoms with van der Waals surface area (Å²) in [7, 11) is 0. The molecule has 1 aromatic heterocycles. The van der Waals surface area contributed by atoms with Crippen LogP contribution in [-0.2, 0) is 0 Å². The second-order valence-electron chi connectivity index (χ2n) is 4.71. The lowest BCUT2D eigenvalue weighted by Gasteiger charge is -2.16. The third kappa shape index (κ3) is 2.07. The summed E-state index contributed by atoms with van der Waals surface area (Å²) in [4.78, 5) is 0. The largest absolute Gasteiger partial charge is 0.313 e. The second-order valence-corrected chi connectivity index (χ2v) is 4.71. The van der Waals surface area contributed by atoms with E-state index in [0.29, 0.717) is 18.0 Å². The van der Waals surface area contributed by atoms with E-state index in [1.54, 1.807) is 0 Å². The minimum absolute atomic E-state index is 0.466. The van der Waals surface area contributed by atoms with Crippen molar-refractivity contribution < 1.29 is 0 Å². The van der Waals surface area contributed by atoms with Gasteiger partial charge in [0.15, 0.2) is 0 Å². The van der Waals surface area contributed by atoms with Crippen LogP contribution in [0.1, 0.15) is 51.1 Å². The van der Waals surface area contributed by atoms with E-state index in [9.17, 15) is 0 Å². The Bertz CT molecular complexity index is 316. The first kappa shape index (κ1) is 10.7. The van der Waals surface area contributed by atoms with Gasteiger partial charge in [0, 0.05) is 24.2 Å². The van der Waals surface area contributed by atoms with Gasteiger partial charge >= 0.3 is 0 Å². The third-order valence-corrected chi connectivity index (χ3v) is 3.37. The lowest BCUT2D eigenvalue weighted by molar-refractivity contribution is 0.521. The Morgan fingerprint density at radius 3 is 3.00 bits per heavy atom. The van der Waals surface area contributed by atoms with E-state index in [-0.39, 0.29) is 0 Å². The molecule has 0 amide bonds. The summed E-state index contributed by atoms with van der Waals surface area (Å²) in [6, 6.07) is 1.11. The Labute approximate surface area is 91.9 Å². The molecule has 84 valence electrons. The SMILES string of the molecule is CCC1NCCC1c1cnn(C(C)C)c1. The summed E-state index contributed by atoms with van der Waals surface area (Å²) in [6.07, 6.45) is 6.71. The van der Waals surface area contributed by atoms with Crippen molar-refractivity contribution in [3.05, 3.63) is 18.0 Å². The van der Waals surface area contributed by atoms with Gasteiger partial charge in [-0.3, -0.25) is 4.68 Å². The van der Waals surface area contributed by atoms with Crippen molar-refractivity contribution in [1.82, 2.24) is 15.1 Å². The highest BCUT2D eigenvalue weighted by Crippen LogP contribution is 2.29. The van der Waals surface area contributed by atoms with Gasteiger partial charge in [-0.1, -0.05) is 6.92 Å². The normalized spacial score (nSPS) is 26.4. The molecule has 2 heterocycles. The predicted octanol–water partition coefficient (Wildman–Crippen LogP) is 2.32. The Kier molecular flexibility index (Phi) is 3.10. The molecule has 15 heavy (non-hydrogen) atoms. The molecule has 1 fully saturated rings. The van der Waals surface area contributed by atoms with Gasteiger partial charge < -0.3 is 5.32 Å². The van der Waals surface area contributed by atoms with Gasteiger partial charge in [-0.2, -0.15) is 5.10 Å². The molecule has 3 nitrogen and oxygen atoms in total. The zero-order valence-corrected chi connectivity index (χ0v) is 9.90. The van der Waals surface area contributed by atoms with Crippen LogP contribution in [0.3, 0.4) is 0 Å². The van der Waals surface area contributed by atoms with E-state index in [2.05, 4.69) is 42.1 Å². The van der Waals surface area contributed by atoms with Gasteiger partial charge in [0.05, 0.1) is 6.20 Å². The van der Waals surface area contributed by atoms with E-state index in [1.165, 1.54) is 18.4 Å². The van der Waals surface area contributed by atoms with Gasteiger partial charge in [-0.15, -0.1) is 0 Å². The summed E-state index contributed by atoms with van der Waals surface area (Å²) in [6.45, 7) is 7.74. The number of hydrogen-bond acceptors (Lipinski definition) is 2. The summed E-state index contributed by atoms with van der Waals surface area (Å²) in [5.41, 5.74) is 1.40. The molecule has 1 aliphatic heterocycles. The molecule has 1 aliphatic rings. The molecular weight excluding hydrogens is 186 g/mol. The molecule has 1 aromatic rings. The topological polar surface area (TPSA) is 29.9 Å². The van der Waals surface area contributed by atoms with Gasteiger partial charge in [0.1, 0.15) is 0 Å². The fraction of sp³-hybridized carbons (Fsp3) is 0.750. The second kappa shape index (κ2) is 4.35. The van der Waals surface area contributed by atoms with Crippen molar-refractivity contribution in [1.29, 1.82) is 0 Å². The molecule has 0 aliphatic carbocycles. The first-order valence-corrected chi connectivity index (χ1v) is 5.99. The minimum atomic E-state index is 0.466. The third-order valence-electron chi connectivity index (χ3n) is 3.37. The van der Waals surface area contributed by atoms with Gasteiger partial charge in [0.2, 0.25) is 0 Å². The molecule has 0 bridgehead atoms. The van der Waals surface area contributed by atoms with Crippen LogP contribution >= 0.6 is 0 Å². The highest BCUT2D eigenvalue weighted by molar-refractivity contribution is 5.16. The molecule has 1 N–H and O–H groups in total. The van der Waals surface area contributed by atoms with E-state index < -0.39 is 0 Å². The predicted molar refractivity (Wildman–Crippen MR) is 62.1 cm³/mol. The summed E-state index contributed by atoms with van der Waals surface area (Å²) in [5, 5.41) is 7.97. The van der Waals surface area contributed by atoms with Crippen molar-refractivity contribution in [2.24, 2.45) is 0 Å². The first-order chi connectivity index (χ1) is 7.22. The maximum atomic E-state index is 4.42. The van der Waals surface area contributed by atoms with E-state index in [0.717, 1.165) is 6.54 Å². The van der Waals surface area contributed by atoms with E-state index in [4.69, 9.17) is 0 Å². The van der Waals surface area contributed by atoms with Crippen molar-refractivity contribution in [2.45, 2.75) is 51.6 Å². The number of rotatable bonds is 3. The van der Waals surface area contributed by atoms with Crippen molar-refractivity contribution in [3.63, 3.8) is 0 Å². The van der Waals surface area contributed by atoms with Crippen LogP contribution < -0.4 is 5.32 Å². The Morgan fingerprint density at radius 1 is 1.60 bits per heavy atom. The molecule has 1 saturated heterocycles. The summed E-state index contributed by atoms with van der Waals surface area (Å²) < 4.78 is 2.06. The molecule has 2 unspecified atom stereocenters. The van der Waals surface area contributed by atoms with Crippen LogP contribution in [0, 0.1) is 0 Å². The maximum Gasteiger partial charge on any atom is 0.0525 e. The summed E-state index contributed by atoms with van der Waals surface area (Å²) >= 11 is 0. The number of aromatic nitrogens is 2. The monoisotopic (exact) mass is 207 g/mol. The fourth-order valence-electron chi connectivity index (χ4n) is 2.42. The Balaban J connectivity index is 2.14. The zero-order valence-electron chi connectivity index (χ0n) is 9.90. The van der Waals surface area contributed by atoms with Crippen LogP contribution in [0.2, 0.25) is 0 Å². The molecular formula is C12H21N3. The first-order valence-electron chi connectivity index (χ1n) is 5.99. The van der Waals surface area contributed by atoms with Crippen LogP contribution in [0.15, 0.2) is 12.4 Å². The zero-order chi connectivity index (χ0) is 10.8. The number of nitrogens with one attached hydrogen (secondary N) is 1. The summed E-state index contributed by atoms with van der Waals surface area (Å²) in [5.74, 6) is 0.669. The Hall–Kier alpha value is -0.830. The van der Waals surface area contributed by atoms with Crippen molar-refractivity contribution in [3.8, 4) is 0 Å². The molecule has 0 spiro atoms. The minimum Gasteiger partial charge on any atom is -0.313 e. The lowest BCUT2D eigenvalue weighted by Crippen LogP contribution is -2.24. The van der Waals surface area contributed by atoms with Gasteiger partial charge in [-0.25, -0.2) is 0 Å². The molecule has 3 heteroatoms. The van der Waals surface area contributed by atoms with Gasteiger partial charge in [-0.05, 0) is 38.8 Å². The maximum absolute atomic E-state index is 4.42. The average molecular weight is 207 g/mol. The van der Waals surface area contributed by atoms with Crippen LogP contribution in [0.4, 0.5) is 0 Å². The molecule has 2 rings (SSSR count). The van der Waals surface area contributed by atoms with E-state index >= 15 is 0 Å². The molecule has 0 radical (unpaired) electrons. The van der Waals surface area contributed by atoms with Gasteiger partial charge in [0.25, 0.3) is 0 Å². The number of nitrogens with zero attached hydrogens (tertiary/aromatic N) is 2. The van der Waals surface area contributed by atoms with Crippen molar-refractivity contribution >= 4 is 0 Å². The highest BCUT2D eigenvalue weighted by Gasteiger charge is 2.27. The average Bonchev–Trinajstić information content (AvgIpc) is 2.85. The van der Waals surface area contributed by atoms with Crippen LogP contribution in [0.25, 0.3) is 0 Å². The molecule has 0 saturated carbocycles. The van der Waals surface area contributed by atoms with Crippen molar-refractivity contribution in [2.75, 3.05) is 6.54 Å². The quantitative estimate of drug-likeness (QED) is 0.824. The molecule has 0 aromatic carbocycles. The van der Waals surface area contributed by atoms with Crippen LogP contribution in [-0.4, -0.2) is 22.4 Å². The smallest absolute Gasteiger partial charge is 0.0525 e. The fourth-order valence-corrected chi connectivity index (χ4v) is 2.42. The Morgan fingerprint density at radius 2 is 2.40 bits per heavy atom. The van der Waals surface area contributed by atoms with E-state index in [1.807, 2.05) is 6.20 Å². The number of hydrogen-bond donors (Lipinski definition) is 1. The molecule has 2 atom stereocenters.